The highest BCUT2D eigenvalue weighted by Crippen LogP contribution is 2.29. The van der Waals surface area contributed by atoms with Gasteiger partial charge in [-0.1, -0.05) is 42.5 Å². The van der Waals surface area contributed by atoms with Crippen molar-refractivity contribution in [2.45, 2.75) is 0 Å². The third kappa shape index (κ3) is 4.42. The van der Waals surface area contributed by atoms with Gasteiger partial charge < -0.3 is 15.3 Å². The molecular weight excluding hydrogens is 396 g/mol. The Labute approximate surface area is 181 Å². The van der Waals surface area contributed by atoms with E-state index in [0.717, 1.165) is 43.5 Å². The fraction of sp³-hybridized carbons (Fsp3) is 0.261. The second-order valence-corrected chi connectivity index (χ2v) is 7.68. The van der Waals surface area contributed by atoms with E-state index in [9.17, 15) is 9.90 Å². The lowest BCUT2D eigenvalue weighted by molar-refractivity contribution is 0.104. The zero-order chi connectivity index (χ0) is 20.9. The number of hydrogen-bond acceptors (Lipinski definition) is 5. The zero-order valence-electron chi connectivity index (χ0n) is 16.6. The Hall–Kier alpha value is -3.03. The highest BCUT2D eigenvalue weighted by molar-refractivity contribution is 7.80. The summed E-state index contributed by atoms with van der Waals surface area (Å²) in [6.45, 7) is 4.92. The van der Waals surface area contributed by atoms with Crippen LogP contribution in [0, 0.1) is 0 Å². The van der Waals surface area contributed by atoms with E-state index < -0.39 is 0 Å². The van der Waals surface area contributed by atoms with Crippen molar-refractivity contribution >= 4 is 40.8 Å². The van der Waals surface area contributed by atoms with Crippen LogP contribution in [0.3, 0.4) is 0 Å². The number of aliphatic hydroxyl groups excluding tert-OH is 1. The lowest BCUT2D eigenvalue weighted by Crippen LogP contribution is -2.50. The number of aliphatic imine (C=N–C) groups is 1. The number of thiocarbonyl (C=S) groups is 1. The number of nitrogens with zero attached hydrogens (tertiary/aromatic N) is 3. The molecule has 2 N–H and O–H groups in total. The summed E-state index contributed by atoms with van der Waals surface area (Å²) in [4.78, 5) is 21.3. The van der Waals surface area contributed by atoms with Gasteiger partial charge in [-0.3, -0.25) is 14.7 Å². The van der Waals surface area contributed by atoms with Crippen LogP contribution in [0.4, 0.5) is 5.69 Å². The number of carbonyl (C=O) groups is 1. The Morgan fingerprint density at radius 3 is 2.40 bits per heavy atom. The molecule has 4 rings (SSSR count). The van der Waals surface area contributed by atoms with Crippen LogP contribution in [-0.2, 0) is 0 Å². The minimum Gasteiger partial charge on any atom is -0.506 e. The normalized spacial score (nSPS) is 16.9. The van der Waals surface area contributed by atoms with Crippen LogP contribution in [0.1, 0.15) is 15.9 Å². The van der Waals surface area contributed by atoms with Gasteiger partial charge in [0.25, 0.3) is 0 Å². The van der Waals surface area contributed by atoms with E-state index in [-0.39, 0.29) is 17.1 Å². The van der Waals surface area contributed by atoms with Crippen LogP contribution in [-0.4, -0.2) is 71.3 Å². The van der Waals surface area contributed by atoms with Crippen LogP contribution >= 0.6 is 12.2 Å². The number of carbonyl (C=O) groups excluding carboxylic acids is 1. The maximum atomic E-state index is 12.4. The number of allylic oxidation sites excluding steroid dienone is 1. The van der Waals surface area contributed by atoms with Crippen LogP contribution in [0.25, 0.3) is 5.76 Å². The Morgan fingerprint density at radius 2 is 1.70 bits per heavy atom. The summed E-state index contributed by atoms with van der Waals surface area (Å²) >= 11 is 5.53. The van der Waals surface area contributed by atoms with Crippen molar-refractivity contribution in [1.82, 2.24) is 9.80 Å². The molecule has 1 saturated heterocycles. The van der Waals surface area contributed by atoms with Gasteiger partial charge in [0, 0.05) is 55.8 Å². The Bertz CT molecular complexity index is 995. The smallest absolute Gasteiger partial charge is 0.199 e. The predicted octanol–water partition coefficient (Wildman–Crippen LogP) is 3.24. The molecule has 6 nitrogen and oxygen atoms in total. The molecule has 2 aliphatic rings. The van der Waals surface area contributed by atoms with Crippen LogP contribution in [0.5, 0.6) is 0 Å². The quantitative estimate of drug-likeness (QED) is 0.572. The van der Waals surface area contributed by atoms with Crippen molar-refractivity contribution in [2.24, 2.45) is 4.99 Å². The number of para-hydroxylation sites is 1. The fourth-order valence-electron chi connectivity index (χ4n) is 3.66. The van der Waals surface area contributed by atoms with Gasteiger partial charge in [-0.2, -0.15) is 0 Å². The Kier molecular flexibility index (Phi) is 6.21. The number of aliphatic hydroxyl groups is 1. The number of hydrogen-bond donors (Lipinski definition) is 2. The molecule has 1 aliphatic heterocycles. The number of rotatable bonds is 5. The van der Waals surface area contributed by atoms with E-state index in [1.54, 1.807) is 18.2 Å². The van der Waals surface area contributed by atoms with Gasteiger partial charge in [-0.05, 0) is 24.4 Å². The molecule has 30 heavy (non-hydrogen) atoms. The lowest BCUT2D eigenvalue weighted by atomic mass is 10.1. The first-order chi connectivity index (χ1) is 14.6. The minimum atomic E-state index is -0.167. The topological polar surface area (TPSA) is 68.2 Å². The average Bonchev–Trinajstić information content (AvgIpc) is 3.02. The molecule has 0 atom stereocenters. The van der Waals surface area contributed by atoms with Gasteiger partial charge in [0.15, 0.2) is 10.9 Å². The first-order valence-electron chi connectivity index (χ1n) is 10.0. The van der Waals surface area contributed by atoms with Gasteiger partial charge in [0.05, 0.1) is 12.1 Å². The first-order valence-corrected chi connectivity index (χ1v) is 10.4. The predicted molar refractivity (Wildman–Crippen MR) is 124 cm³/mol. The lowest BCUT2D eigenvalue weighted by Gasteiger charge is -2.36. The highest BCUT2D eigenvalue weighted by atomic mass is 32.1. The molecule has 154 valence electrons. The number of benzene rings is 2. The second-order valence-electron chi connectivity index (χ2n) is 7.30. The maximum Gasteiger partial charge on any atom is 0.199 e. The first kappa shape index (κ1) is 20.3. The maximum absolute atomic E-state index is 12.4. The molecular formula is C23H24N4O2S. The van der Waals surface area contributed by atoms with Gasteiger partial charge >= 0.3 is 0 Å². The van der Waals surface area contributed by atoms with E-state index >= 15 is 0 Å². The molecule has 0 spiro atoms. The van der Waals surface area contributed by atoms with Crippen molar-refractivity contribution in [3.05, 3.63) is 71.3 Å². The number of Topliss-reactive ketones (excluding diaryl/α,β-unsaturated/α-hetero) is 1. The molecule has 0 saturated carbocycles. The molecule has 1 heterocycles. The SMILES string of the molecule is O=C1C(C=NCCN2CCN(C(=S)Nc3ccccc3)CC2)=C(O)c2ccccc21. The molecule has 0 aromatic heterocycles. The largest absolute Gasteiger partial charge is 0.506 e. The molecule has 1 aliphatic carbocycles. The van der Waals surface area contributed by atoms with Crippen LogP contribution < -0.4 is 5.32 Å². The number of ketones is 1. The number of nitrogens with one attached hydrogen (secondary N) is 1. The Morgan fingerprint density at radius 1 is 1.03 bits per heavy atom. The monoisotopic (exact) mass is 420 g/mol. The van der Waals surface area contributed by atoms with E-state index in [1.165, 1.54) is 6.21 Å². The van der Waals surface area contributed by atoms with Crippen molar-refractivity contribution in [3.63, 3.8) is 0 Å². The van der Waals surface area contributed by atoms with Gasteiger partial charge in [0.1, 0.15) is 5.76 Å². The van der Waals surface area contributed by atoms with E-state index in [4.69, 9.17) is 12.2 Å². The third-order valence-electron chi connectivity index (χ3n) is 5.38. The summed E-state index contributed by atoms with van der Waals surface area (Å²) in [5.74, 6) is -0.146. The molecule has 0 amide bonds. The van der Waals surface area contributed by atoms with Gasteiger partial charge in [-0.15, -0.1) is 0 Å². The fourth-order valence-corrected chi connectivity index (χ4v) is 3.96. The Balaban J connectivity index is 1.22. The number of piperazine rings is 1. The molecule has 0 bridgehead atoms. The van der Waals surface area contributed by atoms with E-state index in [0.29, 0.717) is 17.7 Å². The zero-order valence-corrected chi connectivity index (χ0v) is 17.4. The van der Waals surface area contributed by atoms with Crippen molar-refractivity contribution in [3.8, 4) is 0 Å². The van der Waals surface area contributed by atoms with E-state index in [2.05, 4.69) is 20.1 Å². The molecule has 1 fully saturated rings. The number of fused-ring (bicyclic) bond motifs is 1. The summed E-state index contributed by atoms with van der Waals surface area (Å²) in [7, 11) is 0. The summed E-state index contributed by atoms with van der Waals surface area (Å²) < 4.78 is 0. The van der Waals surface area contributed by atoms with Crippen molar-refractivity contribution in [1.29, 1.82) is 0 Å². The number of anilines is 1. The standard InChI is InChI=1S/C23H24N4O2S/c28-21-18-8-4-5-9-19(18)22(29)20(21)16-24-10-11-26-12-14-27(15-13-26)23(30)25-17-6-2-1-3-7-17/h1-9,16,28H,10-15H2,(H,25,30). The third-order valence-corrected chi connectivity index (χ3v) is 5.74. The van der Waals surface area contributed by atoms with Crippen LogP contribution in [0.2, 0.25) is 0 Å². The summed E-state index contributed by atoms with van der Waals surface area (Å²) in [6.07, 6.45) is 1.51. The summed E-state index contributed by atoms with van der Waals surface area (Å²) in [5, 5.41) is 14.3. The van der Waals surface area contributed by atoms with Gasteiger partial charge in [0.2, 0.25) is 0 Å². The molecule has 0 unspecified atom stereocenters. The van der Waals surface area contributed by atoms with Crippen LogP contribution in [0.15, 0.2) is 65.2 Å². The molecule has 2 aromatic rings. The minimum absolute atomic E-state index is 0.0207. The second kappa shape index (κ2) is 9.19. The molecule has 7 heteroatoms. The highest BCUT2D eigenvalue weighted by Gasteiger charge is 2.27. The summed E-state index contributed by atoms with van der Waals surface area (Å²) in [5.41, 5.74) is 2.39. The molecule has 2 aromatic carbocycles. The average molecular weight is 421 g/mol. The molecule has 0 radical (unpaired) electrons. The van der Waals surface area contributed by atoms with Crippen molar-refractivity contribution in [2.75, 3.05) is 44.6 Å². The van der Waals surface area contributed by atoms with Gasteiger partial charge in [-0.25, -0.2) is 0 Å². The summed E-state index contributed by atoms with van der Waals surface area (Å²) in [6, 6.07) is 17.0. The van der Waals surface area contributed by atoms with E-state index in [1.807, 2.05) is 36.4 Å². The van der Waals surface area contributed by atoms with Crippen molar-refractivity contribution < 1.29 is 9.90 Å².